The third kappa shape index (κ3) is 2.35. The molecule has 106 valence electrons. The SMILES string of the molecule is COc1ccc(N2CC[C@H](CN)S2(=O)=O)cc1OC. The van der Waals surface area contributed by atoms with Crippen molar-refractivity contribution in [2.24, 2.45) is 5.73 Å². The molecular weight excluding hydrogens is 268 g/mol. The van der Waals surface area contributed by atoms with Gasteiger partial charge < -0.3 is 15.2 Å². The molecule has 7 heteroatoms. The third-order valence-corrected chi connectivity index (χ3v) is 5.58. The molecule has 2 N–H and O–H groups in total. The Morgan fingerprint density at radius 2 is 2.00 bits per heavy atom. The molecular formula is C12H18N2O4S. The Morgan fingerprint density at radius 3 is 2.53 bits per heavy atom. The quantitative estimate of drug-likeness (QED) is 0.875. The first kappa shape index (κ1) is 14.0. The molecule has 0 bridgehead atoms. The van der Waals surface area contributed by atoms with Gasteiger partial charge in [-0.3, -0.25) is 4.31 Å². The average Bonchev–Trinajstić information content (AvgIpc) is 2.72. The number of sulfonamides is 1. The lowest BCUT2D eigenvalue weighted by Gasteiger charge is -2.20. The van der Waals surface area contributed by atoms with Gasteiger partial charge in [0.05, 0.1) is 25.2 Å². The molecule has 2 rings (SSSR count). The van der Waals surface area contributed by atoms with Gasteiger partial charge in [0.1, 0.15) is 0 Å². The summed E-state index contributed by atoms with van der Waals surface area (Å²) in [6, 6.07) is 5.06. The van der Waals surface area contributed by atoms with Gasteiger partial charge >= 0.3 is 0 Å². The molecule has 0 radical (unpaired) electrons. The van der Waals surface area contributed by atoms with Crippen molar-refractivity contribution in [3.8, 4) is 11.5 Å². The van der Waals surface area contributed by atoms with Crippen molar-refractivity contribution < 1.29 is 17.9 Å². The van der Waals surface area contributed by atoms with E-state index in [1.165, 1.54) is 18.5 Å². The summed E-state index contributed by atoms with van der Waals surface area (Å²) in [5.41, 5.74) is 6.08. The second kappa shape index (κ2) is 5.26. The maximum absolute atomic E-state index is 12.3. The maximum atomic E-state index is 12.3. The van der Waals surface area contributed by atoms with E-state index in [-0.39, 0.29) is 6.54 Å². The van der Waals surface area contributed by atoms with Crippen LogP contribution in [-0.4, -0.2) is 41.0 Å². The number of ether oxygens (including phenoxy) is 2. The van der Waals surface area contributed by atoms with Gasteiger partial charge in [0.25, 0.3) is 0 Å². The van der Waals surface area contributed by atoms with Gasteiger partial charge in [-0.05, 0) is 18.6 Å². The van der Waals surface area contributed by atoms with Gasteiger partial charge in [-0.2, -0.15) is 0 Å². The minimum atomic E-state index is -3.36. The van der Waals surface area contributed by atoms with Crippen molar-refractivity contribution in [2.45, 2.75) is 11.7 Å². The highest BCUT2D eigenvalue weighted by Crippen LogP contribution is 2.35. The second-order valence-corrected chi connectivity index (χ2v) is 6.44. The lowest BCUT2D eigenvalue weighted by molar-refractivity contribution is 0.355. The van der Waals surface area contributed by atoms with Gasteiger partial charge in [0, 0.05) is 19.2 Å². The van der Waals surface area contributed by atoms with E-state index in [1.54, 1.807) is 18.2 Å². The number of nitrogens with zero attached hydrogens (tertiary/aromatic N) is 1. The Hall–Kier alpha value is -1.47. The molecule has 0 amide bonds. The van der Waals surface area contributed by atoms with Crippen LogP contribution in [0.15, 0.2) is 18.2 Å². The molecule has 0 saturated carbocycles. The van der Waals surface area contributed by atoms with E-state index >= 15 is 0 Å². The van der Waals surface area contributed by atoms with Crippen molar-refractivity contribution in [2.75, 3.05) is 31.6 Å². The Kier molecular flexibility index (Phi) is 3.86. The predicted molar refractivity (Wildman–Crippen MR) is 73.3 cm³/mol. The number of methoxy groups -OCH3 is 2. The van der Waals surface area contributed by atoms with Crippen LogP contribution in [0.25, 0.3) is 0 Å². The molecule has 1 aromatic rings. The van der Waals surface area contributed by atoms with Crippen molar-refractivity contribution in [3.63, 3.8) is 0 Å². The van der Waals surface area contributed by atoms with Crippen LogP contribution in [0, 0.1) is 0 Å². The lowest BCUT2D eigenvalue weighted by Crippen LogP contribution is -2.33. The van der Waals surface area contributed by atoms with Crippen LogP contribution in [0.2, 0.25) is 0 Å². The van der Waals surface area contributed by atoms with Crippen molar-refractivity contribution >= 4 is 15.7 Å². The van der Waals surface area contributed by atoms with E-state index in [0.717, 1.165) is 0 Å². The van der Waals surface area contributed by atoms with Crippen molar-refractivity contribution in [1.29, 1.82) is 0 Å². The highest BCUT2D eigenvalue weighted by molar-refractivity contribution is 7.93. The summed E-state index contributed by atoms with van der Waals surface area (Å²) in [5, 5.41) is -0.499. The van der Waals surface area contributed by atoms with Crippen molar-refractivity contribution in [3.05, 3.63) is 18.2 Å². The first-order valence-corrected chi connectivity index (χ1v) is 7.48. The summed E-state index contributed by atoms with van der Waals surface area (Å²) in [6.45, 7) is 0.589. The predicted octanol–water partition coefficient (Wildman–Crippen LogP) is 0.571. The van der Waals surface area contributed by atoms with Crippen LogP contribution in [0.3, 0.4) is 0 Å². The van der Waals surface area contributed by atoms with Crippen LogP contribution in [-0.2, 0) is 10.0 Å². The highest BCUT2D eigenvalue weighted by atomic mass is 32.2. The lowest BCUT2D eigenvalue weighted by atomic mass is 10.2. The van der Waals surface area contributed by atoms with Crippen LogP contribution >= 0.6 is 0 Å². The zero-order valence-corrected chi connectivity index (χ0v) is 11.8. The smallest absolute Gasteiger partial charge is 0.239 e. The summed E-state index contributed by atoms with van der Waals surface area (Å²) in [4.78, 5) is 0. The fraction of sp³-hybridized carbons (Fsp3) is 0.500. The zero-order valence-electron chi connectivity index (χ0n) is 11.0. The van der Waals surface area contributed by atoms with E-state index < -0.39 is 15.3 Å². The monoisotopic (exact) mass is 286 g/mol. The van der Waals surface area contributed by atoms with E-state index in [9.17, 15) is 8.42 Å². The maximum Gasteiger partial charge on any atom is 0.239 e. The number of anilines is 1. The molecule has 0 unspecified atom stereocenters. The average molecular weight is 286 g/mol. The molecule has 19 heavy (non-hydrogen) atoms. The Bertz CT molecular complexity index is 559. The van der Waals surface area contributed by atoms with E-state index in [2.05, 4.69) is 0 Å². The van der Waals surface area contributed by atoms with E-state index in [0.29, 0.717) is 30.2 Å². The first-order valence-electron chi connectivity index (χ1n) is 5.98. The van der Waals surface area contributed by atoms with Gasteiger partial charge in [0.15, 0.2) is 11.5 Å². The first-order chi connectivity index (χ1) is 9.04. The van der Waals surface area contributed by atoms with Gasteiger partial charge in [0.2, 0.25) is 10.0 Å². The van der Waals surface area contributed by atoms with Crippen LogP contribution in [0.5, 0.6) is 11.5 Å². The molecule has 1 fully saturated rings. The van der Waals surface area contributed by atoms with Crippen LogP contribution in [0.1, 0.15) is 6.42 Å². The molecule has 6 nitrogen and oxygen atoms in total. The summed E-state index contributed by atoms with van der Waals surface area (Å²) >= 11 is 0. The zero-order chi connectivity index (χ0) is 14.0. The summed E-state index contributed by atoms with van der Waals surface area (Å²) in [6.07, 6.45) is 0.549. The summed E-state index contributed by atoms with van der Waals surface area (Å²) < 4.78 is 36.2. The minimum absolute atomic E-state index is 0.145. The molecule has 0 aromatic heterocycles. The van der Waals surface area contributed by atoms with Gasteiger partial charge in [-0.1, -0.05) is 0 Å². The largest absolute Gasteiger partial charge is 0.493 e. The number of rotatable bonds is 4. The highest BCUT2D eigenvalue weighted by Gasteiger charge is 2.38. The fourth-order valence-corrected chi connectivity index (χ4v) is 3.99. The van der Waals surface area contributed by atoms with Gasteiger partial charge in [-0.15, -0.1) is 0 Å². The second-order valence-electron chi connectivity index (χ2n) is 4.30. The topological polar surface area (TPSA) is 81.9 Å². The molecule has 0 aliphatic carbocycles. The molecule has 1 atom stereocenters. The summed E-state index contributed by atoms with van der Waals surface area (Å²) in [7, 11) is -0.311. The molecule has 0 spiro atoms. The van der Waals surface area contributed by atoms with E-state index in [4.69, 9.17) is 15.2 Å². The molecule has 1 aliphatic heterocycles. The van der Waals surface area contributed by atoms with Crippen LogP contribution in [0.4, 0.5) is 5.69 Å². The number of benzene rings is 1. The molecule has 1 aromatic carbocycles. The number of hydrogen-bond acceptors (Lipinski definition) is 5. The Morgan fingerprint density at radius 1 is 1.32 bits per heavy atom. The molecule has 1 heterocycles. The minimum Gasteiger partial charge on any atom is -0.493 e. The molecule has 1 saturated heterocycles. The van der Waals surface area contributed by atoms with Gasteiger partial charge in [-0.25, -0.2) is 8.42 Å². The summed E-state index contributed by atoms with van der Waals surface area (Å²) in [5.74, 6) is 1.07. The fourth-order valence-electron chi connectivity index (χ4n) is 2.21. The standard InChI is InChI=1S/C12H18N2O4S/c1-17-11-4-3-9(7-12(11)18-2)14-6-5-10(8-13)19(14,15)16/h3-4,7,10H,5-6,8,13H2,1-2H3/t10-/m1/s1. The van der Waals surface area contributed by atoms with Crippen molar-refractivity contribution in [1.82, 2.24) is 0 Å². The normalized spacial score (nSPS) is 21.4. The Balaban J connectivity index is 2.38. The van der Waals surface area contributed by atoms with Crippen LogP contribution < -0.4 is 19.5 Å². The number of hydrogen-bond donors (Lipinski definition) is 1. The third-order valence-electron chi connectivity index (χ3n) is 3.30. The molecule has 1 aliphatic rings. The Labute approximate surface area is 113 Å². The van der Waals surface area contributed by atoms with E-state index in [1.807, 2.05) is 0 Å². The number of nitrogens with two attached hydrogens (primary N) is 1.